The van der Waals surface area contributed by atoms with E-state index in [9.17, 15) is 22.8 Å². The molecule has 0 aliphatic carbocycles. The highest BCUT2D eigenvalue weighted by molar-refractivity contribution is 6.06. The van der Waals surface area contributed by atoms with Crippen LogP contribution in [-0.4, -0.2) is 33.2 Å². The molecule has 2 N–H and O–H groups in total. The number of benzene rings is 1. The molecule has 2 aromatic rings. The lowest BCUT2D eigenvalue weighted by Gasteiger charge is -2.30. The zero-order valence-corrected chi connectivity index (χ0v) is 13.2. The minimum Gasteiger partial charge on any atom is -0.318 e. The molecule has 1 aliphatic heterocycles. The zero-order valence-electron chi connectivity index (χ0n) is 13.2. The van der Waals surface area contributed by atoms with E-state index in [4.69, 9.17) is 0 Å². The van der Waals surface area contributed by atoms with Gasteiger partial charge in [0.2, 0.25) is 11.9 Å². The highest BCUT2D eigenvalue weighted by Crippen LogP contribution is 2.39. The van der Waals surface area contributed by atoms with Crippen LogP contribution in [0.3, 0.4) is 0 Å². The number of amides is 1. The van der Waals surface area contributed by atoms with E-state index >= 15 is 0 Å². The maximum absolute atomic E-state index is 13.6. The third kappa shape index (κ3) is 2.07. The van der Waals surface area contributed by atoms with Crippen LogP contribution in [0.25, 0.3) is 11.0 Å². The van der Waals surface area contributed by atoms with Crippen LogP contribution in [0.4, 0.5) is 19.1 Å². The molecule has 1 aromatic carbocycles. The Morgan fingerprint density at radius 2 is 1.96 bits per heavy atom. The van der Waals surface area contributed by atoms with E-state index in [2.05, 4.69) is 10.3 Å². The number of hydrogen-bond donors (Lipinski definition) is 2. The molecule has 3 rings (SSSR count). The van der Waals surface area contributed by atoms with E-state index in [1.54, 1.807) is 24.4 Å². The van der Waals surface area contributed by atoms with Crippen LogP contribution < -0.4 is 10.6 Å². The molecule has 1 unspecified atom stereocenters. The van der Waals surface area contributed by atoms with Gasteiger partial charge in [0.05, 0.1) is 11.0 Å². The van der Waals surface area contributed by atoms with E-state index in [-0.39, 0.29) is 17.9 Å². The Morgan fingerprint density at radius 3 is 2.54 bits per heavy atom. The standard InChI is InChI=1S/C15H15F3N4O2/c1-4-11(23)20-14(15(16,17)18)12(24)22-10-6-8(3)7(2)5-9(10)19-13(22)21-14/h5-6H,4H2,1-3H3,(H,19,21)(H,20,23). The summed E-state index contributed by atoms with van der Waals surface area (Å²) in [5.41, 5.74) is -0.794. The molecule has 0 saturated carbocycles. The average molecular weight is 340 g/mol. The van der Waals surface area contributed by atoms with E-state index in [0.29, 0.717) is 5.52 Å². The van der Waals surface area contributed by atoms with Crippen LogP contribution in [0.5, 0.6) is 0 Å². The van der Waals surface area contributed by atoms with Crippen molar-refractivity contribution >= 4 is 28.8 Å². The summed E-state index contributed by atoms with van der Waals surface area (Å²) in [6, 6.07) is 3.31. The Bertz CT molecular complexity index is 872. The molecule has 6 nitrogen and oxygen atoms in total. The molecule has 2 heterocycles. The molecule has 1 atom stereocenters. The largest absolute Gasteiger partial charge is 0.440 e. The van der Waals surface area contributed by atoms with Gasteiger partial charge < -0.3 is 10.6 Å². The summed E-state index contributed by atoms with van der Waals surface area (Å²) >= 11 is 0. The second-order valence-electron chi connectivity index (χ2n) is 5.78. The SMILES string of the molecule is CCC(=O)NC1(C(F)(F)F)Nc2nc3cc(C)c(C)cc3n2C1=O. The predicted molar refractivity (Wildman–Crippen MR) is 80.7 cm³/mol. The fourth-order valence-corrected chi connectivity index (χ4v) is 2.66. The van der Waals surface area contributed by atoms with Gasteiger partial charge in [-0.1, -0.05) is 6.92 Å². The molecule has 0 saturated heterocycles. The number of imidazole rings is 1. The smallest absolute Gasteiger partial charge is 0.318 e. The Kier molecular flexibility index (Phi) is 3.36. The number of halogens is 3. The first-order chi connectivity index (χ1) is 11.1. The molecule has 0 fully saturated rings. The average Bonchev–Trinajstić information content (AvgIpc) is 2.94. The minimum atomic E-state index is -5.03. The lowest BCUT2D eigenvalue weighted by molar-refractivity contribution is -0.176. The Hall–Kier alpha value is -2.58. The van der Waals surface area contributed by atoms with Gasteiger partial charge >= 0.3 is 6.18 Å². The van der Waals surface area contributed by atoms with Crippen LogP contribution in [0.1, 0.15) is 29.3 Å². The number of nitrogens with zero attached hydrogens (tertiary/aromatic N) is 2. The number of alkyl halides is 3. The fourth-order valence-electron chi connectivity index (χ4n) is 2.66. The maximum Gasteiger partial charge on any atom is 0.440 e. The number of fused-ring (bicyclic) bond motifs is 3. The minimum absolute atomic E-state index is 0.186. The summed E-state index contributed by atoms with van der Waals surface area (Å²) in [5.74, 6) is -2.46. The van der Waals surface area contributed by atoms with Gasteiger partial charge in [-0.2, -0.15) is 13.2 Å². The molecule has 24 heavy (non-hydrogen) atoms. The van der Waals surface area contributed by atoms with Gasteiger partial charge in [0.25, 0.3) is 11.6 Å². The van der Waals surface area contributed by atoms with Crippen molar-refractivity contribution in [3.05, 3.63) is 23.3 Å². The van der Waals surface area contributed by atoms with E-state index in [1.807, 2.05) is 6.92 Å². The third-order valence-electron chi connectivity index (χ3n) is 4.17. The number of rotatable bonds is 2. The molecule has 0 bridgehead atoms. The summed E-state index contributed by atoms with van der Waals surface area (Å²) in [4.78, 5) is 28.2. The topological polar surface area (TPSA) is 76.0 Å². The van der Waals surface area contributed by atoms with Crippen molar-refractivity contribution < 1.29 is 22.8 Å². The Morgan fingerprint density at radius 1 is 1.33 bits per heavy atom. The number of hydrogen-bond acceptors (Lipinski definition) is 4. The van der Waals surface area contributed by atoms with Crippen LogP contribution in [0.15, 0.2) is 12.1 Å². The molecular formula is C15H15F3N4O2. The maximum atomic E-state index is 13.6. The van der Waals surface area contributed by atoms with Gasteiger partial charge in [0.1, 0.15) is 0 Å². The van der Waals surface area contributed by atoms with Crippen LogP contribution in [-0.2, 0) is 4.79 Å². The molecular weight excluding hydrogens is 325 g/mol. The monoisotopic (exact) mass is 340 g/mol. The number of aromatic nitrogens is 2. The van der Waals surface area contributed by atoms with Gasteiger partial charge in [0, 0.05) is 6.42 Å². The molecule has 1 amide bonds. The zero-order chi connectivity index (χ0) is 17.9. The van der Waals surface area contributed by atoms with Crippen molar-refractivity contribution in [2.75, 3.05) is 5.32 Å². The highest BCUT2D eigenvalue weighted by atomic mass is 19.4. The van der Waals surface area contributed by atoms with Gasteiger partial charge in [-0.05, 0) is 37.1 Å². The van der Waals surface area contributed by atoms with Gasteiger partial charge in [-0.25, -0.2) is 9.55 Å². The Balaban J connectivity index is 2.18. The molecule has 9 heteroatoms. The summed E-state index contributed by atoms with van der Waals surface area (Å²) in [6.45, 7) is 5.03. The highest BCUT2D eigenvalue weighted by Gasteiger charge is 2.66. The van der Waals surface area contributed by atoms with Gasteiger partial charge in [0.15, 0.2) is 0 Å². The molecule has 0 radical (unpaired) electrons. The summed E-state index contributed by atoms with van der Waals surface area (Å²) in [6.07, 6.45) is -5.21. The fraction of sp³-hybridized carbons (Fsp3) is 0.400. The first kappa shape index (κ1) is 16.3. The van der Waals surface area contributed by atoms with Crippen molar-refractivity contribution in [1.82, 2.24) is 14.9 Å². The third-order valence-corrected chi connectivity index (χ3v) is 4.17. The number of anilines is 1. The van der Waals surface area contributed by atoms with Crippen molar-refractivity contribution in [3.63, 3.8) is 0 Å². The predicted octanol–water partition coefficient (Wildman–Crippen LogP) is 2.50. The quantitative estimate of drug-likeness (QED) is 0.881. The Labute approximate surface area is 135 Å². The number of carbonyl (C=O) groups excluding carboxylic acids is 2. The number of nitrogens with one attached hydrogen (secondary N) is 2. The summed E-state index contributed by atoms with van der Waals surface area (Å²) < 4.78 is 41.7. The van der Waals surface area contributed by atoms with Crippen molar-refractivity contribution in [1.29, 1.82) is 0 Å². The molecule has 128 valence electrons. The molecule has 1 aliphatic rings. The van der Waals surface area contributed by atoms with Crippen LogP contribution in [0, 0.1) is 13.8 Å². The van der Waals surface area contributed by atoms with Crippen molar-refractivity contribution in [2.24, 2.45) is 0 Å². The van der Waals surface area contributed by atoms with Crippen molar-refractivity contribution in [3.8, 4) is 0 Å². The lowest BCUT2D eigenvalue weighted by atomic mass is 10.1. The van der Waals surface area contributed by atoms with Crippen LogP contribution >= 0.6 is 0 Å². The van der Waals surface area contributed by atoms with Gasteiger partial charge in [-0.15, -0.1) is 0 Å². The van der Waals surface area contributed by atoms with E-state index in [1.165, 1.54) is 6.92 Å². The van der Waals surface area contributed by atoms with E-state index < -0.39 is 23.7 Å². The first-order valence-corrected chi connectivity index (χ1v) is 7.31. The normalized spacial score (nSPS) is 20.2. The summed E-state index contributed by atoms with van der Waals surface area (Å²) in [5, 5.41) is 3.85. The first-order valence-electron chi connectivity index (χ1n) is 7.31. The second-order valence-corrected chi connectivity index (χ2v) is 5.78. The number of carbonyl (C=O) groups is 2. The van der Waals surface area contributed by atoms with Gasteiger partial charge in [-0.3, -0.25) is 9.59 Å². The second kappa shape index (κ2) is 4.96. The van der Waals surface area contributed by atoms with Crippen LogP contribution in [0.2, 0.25) is 0 Å². The van der Waals surface area contributed by atoms with Crippen molar-refractivity contribution in [2.45, 2.75) is 39.0 Å². The molecule has 1 aromatic heterocycles. The summed E-state index contributed by atoms with van der Waals surface area (Å²) in [7, 11) is 0. The molecule has 0 spiro atoms. The van der Waals surface area contributed by atoms with E-state index in [0.717, 1.165) is 15.7 Å². The number of aryl methyl sites for hydroxylation is 2. The lowest BCUT2D eigenvalue weighted by Crippen LogP contribution is -2.67.